The molecular formula is C27H27N3O3S2. The van der Waals surface area contributed by atoms with Gasteiger partial charge in [0.2, 0.25) is 0 Å². The molecule has 0 fully saturated rings. The summed E-state index contributed by atoms with van der Waals surface area (Å²) in [6.07, 6.45) is 2.55. The van der Waals surface area contributed by atoms with Crippen LogP contribution in [0.2, 0.25) is 0 Å². The summed E-state index contributed by atoms with van der Waals surface area (Å²) in [5, 5.41) is 4.34. The number of nitrogen functional groups attached to an aromatic ring is 1. The Bertz CT molecular complexity index is 1440. The van der Waals surface area contributed by atoms with E-state index in [0.29, 0.717) is 27.0 Å². The number of hydrogen-bond donors (Lipinski definition) is 2. The van der Waals surface area contributed by atoms with E-state index in [2.05, 4.69) is 34.6 Å². The van der Waals surface area contributed by atoms with Crippen LogP contribution in [0.25, 0.3) is 10.2 Å². The Labute approximate surface area is 212 Å². The highest BCUT2D eigenvalue weighted by molar-refractivity contribution is 7.21. The van der Waals surface area contributed by atoms with Gasteiger partial charge in [0.05, 0.1) is 17.9 Å². The number of anilines is 2. The summed E-state index contributed by atoms with van der Waals surface area (Å²) in [7, 11) is 0. The largest absolute Gasteiger partial charge is 0.462 e. The number of nitrogens with one attached hydrogen (secondary N) is 1. The second-order valence-electron chi connectivity index (χ2n) is 8.84. The highest BCUT2D eigenvalue weighted by Gasteiger charge is 2.31. The quantitative estimate of drug-likeness (QED) is 0.312. The summed E-state index contributed by atoms with van der Waals surface area (Å²) >= 11 is 2.75. The Morgan fingerprint density at radius 1 is 1.20 bits per heavy atom. The average Bonchev–Trinajstić information content (AvgIpc) is 3.36. The van der Waals surface area contributed by atoms with Gasteiger partial charge in [0.1, 0.15) is 14.7 Å². The summed E-state index contributed by atoms with van der Waals surface area (Å²) < 4.78 is 5.38. The predicted octanol–water partition coefficient (Wildman–Crippen LogP) is 6.26. The van der Waals surface area contributed by atoms with Gasteiger partial charge in [-0.1, -0.05) is 30.3 Å². The molecule has 1 aliphatic carbocycles. The van der Waals surface area contributed by atoms with Crippen molar-refractivity contribution in [1.29, 1.82) is 0 Å². The van der Waals surface area contributed by atoms with E-state index in [-0.39, 0.29) is 12.5 Å². The van der Waals surface area contributed by atoms with Crippen molar-refractivity contribution in [2.45, 2.75) is 46.0 Å². The van der Waals surface area contributed by atoms with E-state index in [4.69, 9.17) is 10.5 Å². The van der Waals surface area contributed by atoms with E-state index >= 15 is 0 Å². The van der Waals surface area contributed by atoms with E-state index in [1.165, 1.54) is 28.2 Å². The molecule has 0 spiro atoms. The van der Waals surface area contributed by atoms with Gasteiger partial charge in [-0.3, -0.25) is 4.79 Å². The molecule has 0 radical (unpaired) electrons. The Hall–Kier alpha value is -3.23. The molecule has 6 nitrogen and oxygen atoms in total. The molecule has 8 heteroatoms. The summed E-state index contributed by atoms with van der Waals surface area (Å²) in [4.78, 5) is 33.2. The first kappa shape index (κ1) is 23.5. The fourth-order valence-electron chi connectivity index (χ4n) is 4.90. The summed E-state index contributed by atoms with van der Waals surface area (Å²) in [6, 6.07) is 12.4. The molecule has 5 rings (SSSR count). The number of pyridine rings is 1. The molecule has 0 saturated heterocycles. The number of hydrogen-bond acceptors (Lipinski definition) is 7. The summed E-state index contributed by atoms with van der Waals surface area (Å²) in [6.45, 7) is 5.95. The van der Waals surface area contributed by atoms with Gasteiger partial charge in [0.15, 0.2) is 0 Å². The number of carbonyl (C=O) groups is 2. The van der Waals surface area contributed by atoms with Crippen LogP contribution in [0.5, 0.6) is 0 Å². The monoisotopic (exact) mass is 505 g/mol. The minimum Gasteiger partial charge on any atom is -0.462 e. The molecule has 3 heterocycles. The van der Waals surface area contributed by atoms with Gasteiger partial charge in [-0.25, -0.2) is 9.78 Å². The van der Waals surface area contributed by atoms with Crippen LogP contribution in [0.1, 0.15) is 66.6 Å². The molecule has 0 aliphatic heterocycles. The molecule has 1 atom stereocenters. The minimum atomic E-state index is -0.393. The third kappa shape index (κ3) is 4.32. The molecule has 3 N–H and O–H groups in total. The first-order valence-corrected chi connectivity index (χ1v) is 13.3. The maximum absolute atomic E-state index is 13.4. The van der Waals surface area contributed by atoms with Crippen LogP contribution >= 0.6 is 22.7 Å². The number of aryl methyl sites for hydroxylation is 2. The van der Waals surface area contributed by atoms with E-state index in [0.717, 1.165) is 51.2 Å². The number of fused-ring (bicyclic) bond motifs is 2. The minimum absolute atomic E-state index is 0.275. The molecule has 35 heavy (non-hydrogen) atoms. The smallest absolute Gasteiger partial charge is 0.341 e. The van der Waals surface area contributed by atoms with E-state index < -0.39 is 5.97 Å². The zero-order valence-electron chi connectivity index (χ0n) is 19.9. The average molecular weight is 506 g/mol. The Morgan fingerprint density at radius 2 is 1.97 bits per heavy atom. The van der Waals surface area contributed by atoms with Crippen molar-refractivity contribution in [3.05, 3.63) is 74.1 Å². The van der Waals surface area contributed by atoms with Crippen LogP contribution in [0.15, 0.2) is 36.4 Å². The third-order valence-electron chi connectivity index (χ3n) is 6.47. The topological polar surface area (TPSA) is 94.3 Å². The van der Waals surface area contributed by atoms with Crippen LogP contribution in [-0.2, 0) is 17.6 Å². The lowest BCUT2D eigenvalue weighted by Gasteiger charge is -2.23. The molecule has 1 aromatic carbocycles. The third-order valence-corrected chi connectivity index (χ3v) is 8.74. The number of esters is 1. The molecule has 0 bridgehead atoms. The van der Waals surface area contributed by atoms with Crippen molar-refractivity contribution in [3.63, 3.8) is 0 Å². The molecule has 1 aliphatic rings. The highest BCUT2D eigenvalue weighted by atomic mass is 32.1. The Balaban J connectivity index is 1.50. The van der Waals surface area contributed by atoms with Crippen molar-refractivity contribution < 1.29 is 14.3 Å². The summed E-state index contributed by atoms with van der Waals surface area (Å²) in [5.41, 5.74) is 11.5. The normalized spacial score (nSPS) is 15.1. The van der Waals surface area contributed by atoms with Crippen LogP contribution in [0.3, 0.4) is 0 Å². The fraction of sp³-hybridized carbons (Fsp3) is 0.296. The van der Waals surface area contributed by atoms with Crippen LogP contribution < -0.4 is 11.1 Å². The number of carbonyl (C=O) groups excluding carboxylic acids is 2. The Kier molecular flexibility index (Phi) is 6.34. The van der Waals surface area contributed by atoms with E-state index in [1.54, 1.807) is 6.92 Å². The first-order valence-electron chi connectivity index (χ1n) is 11.7. The maximum Gasteiger partial charge on any atom is 0.341 e. The molecule has 1 amide bonds. The van der Waals surface area contributed by atoms with Crippen LogP contribution in [0.4, 0.5) is 10.7 Å². The number of nitrogens with zero attached hydrogens (tertiary/aromatic N) is 1. The van der Waals surface area contributed by atoms with Crippen molar-refractivity contribution in [1.82, 2.24) is 4.98 Å². The van der Waals surface area contributed by atoms with Crippen molar-refractivity contribution in [3.8, 4) is 0 Å². The lowest BCUT2D eigenvalue weighted by Crippen LogP contribution is -2.17. The van der Waals surface area contributed by atoms with Crippen LogP contribution in [0, 0.1) is 13.8 Å². The molecule has 180 valence electrons. The number of aromatic nitrogens is 1. The number of ether oxygens (including phenoxy) is 1. The van der Waals surface area contributed by atoms with Crippen molar-refractivity contribution in [2.75, 3.05) is 17.7 Å². The van der Waals surface area contributed by atoms with Gasteiger partial charge in [-0.2, -0.15) is 0 Å². The summed E-state index contributed by atoms with van der Waals surface area (Å²) in [5.74, 6) is -0.335. The molecule has 0 saturated carbocycles. The standard InChI is InChI=1S/C27H27N3O3S2/c1-4-33-27(32)21-18-11-10-17(16-8-6-5-7-9-16)13-19(18)34-26(21)30-24(31)23-22(28)20-14(2)12-15(3)29-25(20)35-23/h5-9,12,17H,4,10-11,13,28H2,1-3H3,(H,30,31). The van der Waals surface area contributed by atoms with Gasteiger partial charge in [0, 0.05) is 16.0 Å². The van der Waals surface area contributed by atoms with Gasteiger partial charge >= 0.3 is 5.97 Å². The van der Waals surface area contributed by atoms with Gasteiger partial charge in [-0.05, 0) is 68.7 Å². The number of benzene rings is 1. The molecule has 1 unspecified atom stereocenters. The van der Waals surface area contributed by atoms with Crippen LogP contribution in [-0.4, -0.2) is 23.5 Å². The lowest BCUT2D eigenvalue weighted by atomic mass is 9.83. The zero-order chi connectivity index (χ0) is 24.7. The number of rotatable bonds is 5. The zero-order valence-corrected chi connectivity index (χ0v) is 21.6. The Morgan fingerprint density at radius 3 is 2.71 bits per heavy atom. The van der Waals surface area contributed by atoms with Gasteiger partial charge in [0.25, 0.3) is 5.91 Å². The lowest BCUT2D eigenvalue weighted by molar-refractivity contribution is 0.0526. The maximum atomic E-state index is 13.4. The number of thiophene rings is 2. The number of amides is 1. The van der Waals surface area contributed by atoms with E-state index in [9.17, 15) is 9.59 Å². The van der Waals surface area contributed by atoms with Gasteiger partial charge < -0.3 is 15.8 Å². The second kappa shape index (κ2) is 9.43. The van der Waals surface area contributed by atoms with Crippen molar-refractivity contribution >= 4 is 55.5 Å². The second-order valence-corrected chi connectivity index (χ2v) is 10.9. The highest BCUT2D eigenvalue weighted by Crippen LogP contribution is 2.43. The molecular weight excluding hydrogens is 478 g/mol. The molecule has 4 aromatic rings. The van der Waals surface area contributed by atoms with Gasteiger partial charge in [-0.15, -0.1) is 22.7 Å². The number of nitrogens with two attached hydrogens (primary N) is 1. The predicted molar refractivity (Wildman–Crippen MR) is 143 cm³/mol. The fourth-order valence-corrected chi connectivity index (χ4v) is 7.32. The molecule has 3 aromatic heterocycles. The SMILES string of the molecule is CCOC(=O)c1c(NC(=O)c2sc3nc(C)cc(C)c3c2N)sc2c1CCC(c1ccccc1)C2. The van der Waals surface area contributed by atoms with Crippen molar-refractivity contribution in [2.24, 2.45) is 0 Å². The first-order chi connectivity index (χ1) is 16.9. The van der Waals surface area contributed by atoms with E-state index in [1.807, 2.05) is 26.0 Å².